The molecule has 0 radical (unpaired) electrons. The highest BCUT2D eigenvalue weighted by Gasteiger charge is 2.20. The SMILES string of the molecule is O=S(=O)(Cc1ccccn1)NC1CCCNC1. The van der Waals surface area contributed by atoms with Crippen molar-refractivity contribution in [3.8, 4) is 0 Å². The molecule has 0 spiro atoms. The Labute approximate surface area is 102 Å². The largest absolute Gasteiger partial charge is 0.315 e. The van der Waals surface area contributed by atoms with Crippen LogP contribution in [0.15, 0.2) is 24.4 Å². The van der Waals surface area contributed by atoms with Gasteiger partial charge in [0.2, 0.25) is 10.0 Å². The molecule has 17 heavy (non-hydrogen) atoms. The lowest BCUT2D eigenvalue weighted by Crippen LogP contribution is -2.45. The van der Waals surface area contributed by atoms with Gasteiger partial charge in [-0.25, -0.2) is 13.1 Å². The van der Waals surface area contributed by atoms with Crippen LogP contribution in [0.5, 0.6) is 0 Å². The van der Waals surface area contributed by atoms with Gasteiger partial charge in [0.1, 0.15) is 5.75 Å². The number of sulfonamides is 1. The molecule has 1 saturated heterocycles. The molecule has 5 nitrogen and oxygen atoms in total. The highest BCUT2D eigenvalue weighted by atomic mass is 32.2. The summed E-state index contributed by atoms with van der Waals surface area (Å²) in [7, 11) is -3.29. The van der Waals surface area contributed by atoms with Gasteiger partial charge < -0.3 is 5.32 Å². The third-order valence-corrected chi connectivity index (χ3v) is 4.08. The van der Waals surface area contributed by atoms with E-state index in [4.69, 9.17) is 0 Å². The summed E-state index contributed by atoms with van der Waals surface area (Å²) in [5, 5.41) is 3.18. The van der Waals surface area contributed by atoms with Crippen LogP contribution in [0.1, 0.15) is 18.5 Å². The summed E-state index contributed by atoms with van der Waals surface area (Å²) in [5.74, 6) is -0.0513. The zero-order valence-corrected chi connectivity index (χ0v) is 10.4. The molecule has 1 aromatic heterocycles. The lowest BCUT2D eigenvalue weighted by Gasteiger charge is -2.23. The molecule has 0 bridgehead atoms. The van der Waals surface area contributed by atoms with Crippen molar-refractivity contribution < 1.29 is 8.42 Å². The molecule has 1 atom stereocenters. The molecule has 0 aliphatic carbocycles. The second-order valence-corrected chi connectivity index (χ2v) is 6.00. The first-order chi connectivity index (χ1) is 8.16. The second-order valence-electron chi connectivity index (χ2n) is 4.24. The van der Waals surface area contributed by atoms with Gasteiger partial charge in [0.15, 0.2) is 0 Å². The summed E-state index contributed by atoms with van der Waals surface area (Å²) in [6, 6.07) is 5.30. The molecule has 6 heteroatoms. The minimum atomic E-state index is -3.29. The van der Waals surface area contributed by atoms with E-state index in [2.05, 4.69) is 15.0 Å². The maximum absolute atomic E-state index is 11.9. The molecular weight excluding hydrogens is 238 g/mol. The minimum absolute atomic E-state index is 0.0115. The van der Waals surface area contributed by atoms with Crippen molar-refractivity contribution in [2.24, 2.45) is 0 Å². The van der Waals surface area contributed by atoms with Crippen molar-refractivity contribution in [2.45, 2.75) is 24.6 Å². The first-order valence-electron chi connectivity index (χ1n) is 5.76. The van der Waals surface area contributed by atoms with Crippen molar-refractivity contribution in [1.82, 2.24) is 15.0 Å². The molecule has 1 aliphatic heterocycles. The number of hydrogen-bond acceptors (Lipinski definition) is 4. The molecule has 1 unspecified atom stereocenters. The molecule has 0 aromatic carbocycles. The molecule has 1 fully saturated rings. The van der Waals surface area contributed by atoms with E-state index >= 15 is 0 Å². The Morgan fingerprint density at radius 2 is 2.35 bits per heavy atom. The highest BCUT2D eigenvalue weighted by molar-refractivity contribution is 7.88. The molecule has 2 N–H and O–H groups in total. The van der Waals surface area contributed by atoms with Crippen molar-refractivity contribution >= 4 is 10.0 Å². The third-order valence-electron chi connectivity index (χ3n) is 2.71. The van der Waals surface area contributed by atoms with E-state index in [1.807, 2.05) is 0 Å². The zero-order chi connectivity index (χ0) is 12.1. The third kappa shape index (κ3) is 4.07. The molecule has 2 rings (SSSR count). The summed E-state index contributed by atoms with van der Waals surface area (Å²) >= 11 is 0. The van der Waals surface area contributed by atoms with Crippen molar-refractivity contribution in [2.75, 3.05) is 13.1 Å². The van der Waals surface area contributed by atoms with E-state index in [-0.39, 0.29) is 11.8 Å². The fourth-order valence-corrected chi connectivity index (χ4v) is 3.28. The quantitative estimate of drug-likeness (QED) is 0.809. The van der Waals surface area contributed by atoms with E-state index in [1.54, 1.807) is 24.4 Å². The molecule has 2 heterocycles. The lowest BCUT2D eigenvalue weighted by atomic mass is 10.1. The summed E-state index contributed by atoms with van der Waals surface area (Å²) < 4.78 is 26.5. The zero-order valence-electron chi connectivity index (χ0n) is 9.59. The van der Waals surface area contributed by atoms with Gasteiger partial charge in [-0.2, -0.15) is 0 Å². The highest BCUT2D eigenvalue weighted by Crippen LogP contribution is 2.06. The van der Waals surface area contributed by atoms with Crippen LogP contribution < -0.4 is 10.0 Å². The Morgan fingerprint density at radius 3 is 3.00 bits per heavy atom. The average molecular weight is 255 g/mol. The molecule has 0 amide bonds. The summed E-state index contributed by atoms with van der Waals surface area (Å²) in [5.41, 5.74) is 0.573. The molecular formula is C11H17N3O2S. The van der Waals surface area contributed by atoms with Crippen LogP contribution in [0.3, 0.4) is 0 Å². The average Bonchev–Trinajstić information content (AvgIpc) is 2.30. The van der Waals surface area contributed by atoms with Gasteiger partial charge in [0.05, 0.1) is 5.69 Å². The standard InChI is InChI=1S/C11H17N3O2S/c15-17(16,9-11-4-1-2-7-13-11)14-10-5-3-6-12-8-10/h1-2,4,7,10,12,14H,3,5-6,8-9H2. The van der Waals surface area contributed by atoms with Gasteiger partial charge in [-0.15, -0.1) is 0 Å². The first kappa shape index (κ1) is 12.5. The topological polar surface area (TPSA) is 71.1 Å². The van der Waals surface area contributed by atoms with Gasteiger partial charge >= 0.3 is 0 Å². The van der Waals surface area contributed by atoms with Crippen LogP contribution in [-0.2, 0) is 15.8 Å². The van der Waals surface area contributed by atoms with Gasteiger partial charge in [-0.1, -0.05) is 6.07 Å². The van der Waals surface area contributed by atoms with Crippen LogP contribution in [0, 0.1) is 0 Å². The van der Waals surface area contributed by atoms with Crippen molar-refractivity contribution in [1.29, 1.82) is 0 Å². The molecule has 1 aromatic rings. The van der Waals surface area contributed by atoms with E-state index in [0.29, 0.717) is 12.2 Å². The Bertz CT molecular complexity index is 441. The summed E-state index contributed by atoms with van der Waals surface area (Å²) in [6.45, 7) is 1.68. The number of pyridine rings is 1. The van der Waals surface area contributed by atoms with E-state index in [0.717, 1.165) is 19.4 Å². The van der Waals surface area contributed by atoms with Crippen LogP contribution in [-0.4, -0.2) is 32.5 Å². The van der Waals surface area contributed by atoms with Crippen LogP contribution in [0.4, 0.5) is 0 Å². The maximum Gasteiger partial charge on any atom is 0.217 e. The smallest absolute Gasteiger partial charge is 0.217 e. The predicted octanol–water partition coefficient (Wildman–Crippen LogP) is 0.253. The second kappa shape index (κ2) is 5.57. The van der Waals surface area contributed by atoms with Crippen LogP contribution >= 0.6 is 0 Å². The van der Waals surface area contributed by atoms with E-state index in [1.165, 1.54) is 0 Å². The van der Waals surface area contributed by atoms with Crippen molar-refractivity contribution in [3.05, 3.63) is 30.1 Å². The number of nitrogens with one attached hydrogen (secondary N) is 2. The normalized spacial score (nSPS) is 21.3. The van der Waals surface area contributed by atoms with Gasteiger partial charge in [-0.05, 0) is 31.5 Å². The van der Waals surface area contributed by atoms with Gasteiger partial charge in [-0.3, -0.25) is 4.98 Å². The Balaban J connectivity index is 1.94. The summed E-state index contributed by atoms with van der Waals surface area (Å²) in [4.78, 5) is 4.02. The number of rotatable bonds is 4. The fraction of sp³-hybridized carbons (Fsp3) is 0.545. The first-order valence-corrected chi connectivity index (χ1v) is 7.41. The number of nitrogens with zero attached hydrogens (tertiary/aromatic N) is 1. The van der Waals surface area contributed by atoms with E-state index < -0.39 is 10.0 Å². The molecule has 0 saturated carbocycles. The predicted molar refractivity (Wildman–Crippen MR) is 65.9 cm³/mol. The number of hydrogen-bond donors (Lipinski definition) is 2. The fourth-order valence-electron chi connectivity index (χ4n) is 1.93. The number of piperidine rings is 1. The van der Waals surface area contributed by atoms with Crippen LogP contribution in [0.25, 0.3) is 0 Å². The van der Waals surface area contributed by atoms with Crippen molar-refractivity contribution in [3.63, 3.8) is 0 Å². The van der Waals surface area contributed by atoms with Crippen LogP contribution in [0.2, 0.25) is 0 Å². The molecule has 1 aliphatic rings. The summed E-state index contributed by atoms with van der Waals surface area (Å²) in [6.07, 6.45) is 3.51. The van der Waals surface area contributed by atoms with Gasteiger partial charge in [0, 0.05) is 18.8 Å². The lowest BCUT2D eigenvalue weighted by molar-refractivity contribution is 0.428. The molecule has 94 valence electrons. The van der Waals surface area contributed by atoms with Gasteiger partial charge in [0.25, 0.3) is 0 Å². The monoisotopic (exact) mass is 255 g/mol. The Morgan fingerprint density at radius 1 is 1.47 bits per heavy atom. The number of aromatic nitrogens is 1. The minimum Gasteiger partial charge on any atom is -0.315 e. The Hall–Kier alpha value is -0.980. The Kier molecular flexibility index (Phi) is 4.09. The van der Waals surface area contributed by atoms with E-state index in [9.17, 15) is 8.42 Å². The maximum atomic E-state index is 11.9.